The van der Waals surface area contributed by atoms with E-state index < -0.39 is 16.7 Å². The van der Waals surface area contributed by atoms with Gasteiger partial charge in [0.15, 0.2) is 22.2 Å². The van der Waals surface area contributed by atoms with E-state index in [9.17, 15) is 13.2 Å². The minimum absolute atomic E-state index is 0.0243. The predicted molar refractivity (Wildman–Crippen MR) is 73.2 cm³/mol. The molecule has 0 spiro atoms. The molecular weight excluding hydrogens is 284 g/mol. The lowest BCUT2D eigenvalue weighted by atomic mass is 10.3. The Bertz CT molecular complexity index is 568. The van der Waals surface area contributed by atoms with E-state index in [2.05, 4.69) is 6.58 Å². The van der Waals surface area contributed by atoms with Crippen molar-refractivity contribution in [3.8, 4) is 17.2 Å². The largest absolute Gasteiger partial charge is 0.489 e. The van der Waals surface area contributed by atoms with Gasteiger partial charge >= 0.3 is 5.97 Å². The normalized spacial score (nSPS) is 10.2. The summed E-state index contributed by atoms with van der Waals surface area (Å²) in [5, 5.41) is 0. The van der Waals surface area contributed by atoms with Gasteiger partial charge in [0.25, 0.3) is 0 Å². The molecule has 20 heavy (non-hydrogen) atoms. The highest BCUT2D eigenvalue weighted by Crippen LogP contribution is 2.41. The first kappa shape index (κ1) is 16.0. The van der Waals surface area contributed by atoms with Crippen LogP contribution in [-0.4, -0.2) is 27.6 Å². The van der Waals surface area contributed by atoms with Gasteiger partial charge in [-0.25, -0.2) is 13.2 Å². The second-order valence-corrected chi connectivity index (χ2v) is 4.49. The first-order valence-electron chi connectivity index (χ1n) is 5.96. The number of carbonyl (C=O) groups excluding carboxylic acids is 1. The van der Waals surface area contributed by atoms with E-state index in [1.165, 1.54) is 12.1 Å². The van der Waals surface area contributed by atoms with Gasteiger partial charge in [0.05, 0.1) is 13.2 Å². The van der Waals surface area contributed by atoms with Crippen LogP contribution in [0.4, 0.5) is 0 Å². The number of rotatable bonds is 7. The summed E-state index contributed by atoms with van der Waals surface area (Å²) in [6.45, 7) is 7.23. The molecule has 0 saturated carbocycles. The average Bonchev–Trinajstić information content (AvgIpc) is 2.42. The van der Waals surface area contributed by atoms with E-state index in [-0.39, 0.29) is 35.4 Å². The molecule has 0 aromatic heterocycles. The lowest BCUT2D eigenvalue weighted by molar-refractivity contribution is -0.129. The van der Waals surface area contributed by atoms with Gasteiger partial charge < -0.3 is 14.2 Å². The summed E-state index contributed by atoms with van der Waals surface area (Å²) in [5.41, 5.74) is 0. The minimum atomic E-state index is -2.86. The second kappa shape index (κ2) is 7.54. The van der Waals surface area contributed by atoms with E-state index >= 15 is 0 Å². The lowest BCUT2D eigenvalue weighted by Gasteiger charge is -2.15. The minimum Gasteiger partial charge on any atom is -0.489 e. The Kier molecular flexibility index (Phi) is 6.05. The zero-order chi connectivity index (χ0) is 15.1. The van der Waals surface area contributed by atoms with Crippen LogP contribution in [0.3, 0.4) is 0 Å². The first-order valence-corrected chi connectivity index (χ1v) is 7.14. The Hall–Kier alpha value is -2.02. The molecule has 0 saturated heterocycles. The second-order valence-electron chi connectivity index (χ2n) is 3.49. The van der Waals surface area contributed by atoms with Gasteiger partial charge in [-0.15, -0.1) is 0 Å². The summed E-state index contributed by atoms with van der Waals surface area (Å²) in [6, 6.07) is 2.64. The fourth-order valence-corrected chi connectivity index (χ4v) is 2.00. The van der Waals surface area contributed by atoms with Crippen LogP contribution in [0.5, 0.6) is 17.2 Å². The van der Waals surface area contributed by atoms with E-state index in [0.29, 0.717) is 0 Å². The molecule has 110 valence electrons. The van der Waals surface area contributed by atoms with Gasteiger partial charge in [-0.05, 0) is 26.0 Å². The molecule has 6 nitrogen and oxygen atoms in total. The summed E-state index contributed by atoms with van der Waals surface area (Å²) < 4.78 is 38.1. The van der Waals surface area contributed by atoms with Crippen LogP contribution in [-0.2, 0) is 15.5 Å². The molecule has 0 aliphatic carbocycles. The van der Waals surface area contributed by atoms with Crippen molar-refractivity contribution in [2.75, 3.05) is 13.2 Å². The van der Waals surface area contributed by atoms with Crippen molar-refractivity contribution >= 4 is 16.7 Å². The van der Waals surface area contributed by atoms with Crippen molar-refractivity contribution in [1.82, 2.24) is 0 Å². The van der Waals surface area contributed by atoms with Gasteiger partial charge in [0.2, 0.25) is 5.75 Å². The van der Waals surface area contributed by atoms with Gasteiger partial charge in [0, 0.05) is 6.08 Å². The van der Waals surface area contributed by atoms with Crippen molar-refractivity contribution < 1.29 is 27.4 Å². The number of hydrogen-bond donors (Lipinski definition) is 1. The molecule has 0 aliphatic heterocycles. The van der Waals surface area contributed by atoms with Crippen LogP contribution in [0.25, 0.3) is 0 Å². The average molecular weight is 300 g/mol. The van der Waals surface area contributed by atoms with Crippen molar-refractivity contribution in [1.29, 1.82) is 0 Å². The van der Waals surface area contributed by atoms with Crippen molar-refractivity contribution in [3.05, 3.63) is 24.8 Å². The van der Waals surface area contributed by atoms with Crippen molar-refractivity contribution in [3.63, 3.8) is 0 Å². The molecule has 0 aliphatic rings. The summed E-state index contributed by atoms with van der Waals surface area (Å²) in [4.78, 5) is 11.2. The number of benzene rings is 1. The third-order valence-electron chi connectivity index (χ3n) is 2.21. The third kappa shape index (κ3) is 3.74. The van der Waals surface area contributed by atoms with Crippen molar-refractivity contribution in [2.45, 2.75) is 18.7 Å². The maximum absolute atomic E-state index is 11.3. The molecule has 0 unspecified atom stereocenters. The maximum atomic E-state index is 11.3. The molecule has 0 heterocycles. The fourth-order valence-electron chi connectivity index (χ4n) is 1.47. The number of hydrogen-bond acceptors (Lipinski definition) is 6. The van der Waals surface area contributed by atoms with Gasteiger partial charge in [0.1, 0.15) is 4.90 Å². The maximum Gasteiger partial charge on any atom is 0.335 e. The number of esters is 1. The first-order chi connectivity index (χ1) is 9.54. The standard InChI is InChI=1S/C13H16O6S/c1-4-11(14)19-9-7-8-10(20(15)16)13(18-6-3)12(9)17-5-2/h4,7-8,20H,1,5-6H2,2-3H3. The Morgan fingerprint density at radius 3 is 2.30 bits per heavy atom. The van der Waals surface area contributed by atoms with Crippen LogP contribution in [0.1, 0.15) is 13.8 Å². The highest BCUT2D eigenvalue weighted by molar-refractivity contribution is 7.72. The SMILES string of the molecule is C=CC(=O)Oc1ccc([SH](=O)=O)c(OCC)c1OCC. The van der Waals surface area contributed by atoms with Gasteiger partial charge in [-0.3, -0.25) is 0 Å². The van der Waals surface area contributed by atoms with Crippen LogP contribution >= 0.6 is 0 Å². The molecule has 0 N–H and O–H groups in total. The predicted octanol–water partition coefficient (Wildman–Crippen LogP) is 1.55. The molecule has 7 heteroatoms. The Morgan fingerprint density at radius 2 is 1.80 bits per heavy atom. The van der Waals surface area contributed by atoms with E-state index in [4.69, 9.17) is 14.2 Å². The van der Waals surface area contributed by atoms with Crippen LogP contribution < -0.4 is 14.2 Å². The molecule has 0 radical (unpaired) electrons. The lowest BCUT2D eigenvalue weighted by Crippen LogP contribution is -2.08. The molecular formula is C13H16O6S. The summed E-state index contributed by atoms with van der Waals surface area (Å²) in [7, 11) is -2.86. The molecule has 0 amide bonds. The molecule has 0 atom stereocenters. The van der Waals surface area contributed by atoms with E-state index in [1.807, 2.05) is 0 Å². The molecule has 0 fully saturated rings. The van der Waals surface area contributed by atoms with Crippen molar-refractivity contribution in [2.24, 2.45) is 0 Å². The fraction of sp³-hybridized carbons (Fsp3) is 0.308. The molecule has 1 aromatic rings. The molecule has 1 rings (SSSR count). The summed E-state index contributed by atoms with van der Waals surface area (Å²) in [5.74, 6) is -0.463. The van der Waals surface area contributed by atoms with Crippen LogP contribution in [0.2, 0.25) is 0 Å². The number of ether oxygens (including phenoxy) is 3. The van der Waals surface area contributed by atoms with Gasteiger partial charge in [-0.1, -0.05) is 6.58 Å². The Labute approximate surface area is 118 Å². The van der Waals surface area contributed by atoms with Gasteiger partial charge in [-0.2, -0.15) is 0 Å². The molecule has 1 aromatic carbocycles. The molecule has 0 bridgehead atoms. The summed E-state index contributed by atoms with van der Waals surface area (Å²) >= 11 is 0. The number of thiol groups is 1. The zero-order valence-corrected chi connectivity index (χ0v) is 12.1. The third-order valence-corrected chi connectivity index (χ3v) is 2.95. The van der Waals surface area contributed by atoms with Crippen LogP contribution in [0, 0.1) is 0 Å². The zero-order valence-electron chi connectivity index (χ0n) is 11.3. The Morgan fingerprint density at radius 1 is 1.20 bits per heavy atom. The van der Waals surface area contributed by atoms with Crippen LogP contribution in [0.15, 0.2) is 29.7 Å². The summed E-state index contributed by atoms with van der Waals surface area (Å²) in [6.07, 6.45) is 0.998. The smallest absolute Gasteiger partial charge is 0.335 e. The van der Waals surface area contributed by atoms with E-state index in [0.717, 1.165) is 6.08 Å². The van der Waals surface area contributed by atoms with E-state index in [1.54, 1.807) is 13.8 Å². The topological polar surface area (TPSA) is 78.9 Å². The number of carbonyl (C=O) groups is 1. The highest BCUT2D eigenvalue weighted by atomic mass is 32.2. The monoisotopic (exact) mass is 300 g/mol. The quantitative estimate of drug-likeness (QED) is 0.356. The Balaban J connectivity index is 3.41. The highest BCUT2D eigenvalue weighted by Gasteiger charge is 2.20.